The fraction of sp³-hybridized carbons (Fsp3) is 0.385. The maximum atomic E-state index is 14.1. The topological polar surface area (TPSA) is 61.8 Å². The molecule has 4 rings (SSSR count). The van der Waals surface area contributed by atoms with Crippen LogP contribution in [0, 0.1) is 16.2 Å². The van der Waals surface area contributed by atoms with Crippen molar-refractivity contribution in [3.63, 3.8) is 0 Å². The second-order valence-electron chi connectivity index (χ2n) is 8.94. The van der Waals surface area contributed by atoms with Gasteiger partial charge in [0, 0.05) is 11.1 Å². The van der Waals surface area contributed by atoms with Gasteiger partial charge in [0.2, 0.25) is 0 Å². The van der Waals surface area contributed by atoms with Crippen molar-refractivity contribution < 1.29 is 23.8 Å². The fourth-order valence-electron chi connectivity index (χ4n) is 5.92. The normalized spacial score (nSPS) is 29.3. The minimum Gasteiger partial charge on any atom is -0.496 e. The average Bonchev–Trinajstić information content (AvgIpc) is 3.06. The van der Waals surface area contributed by atoms with Gasteiger partial charge in [-0.05, 0) is 50.5 Å². The summed E-state index contributed by atoms with van der Waals surface area (Å²) in [4.78, 5) is 27.1. The minimum atomic E-state index is -1.08. The van der Waals surface area contributed by atoms with Crippen LogP contribution in [0.15, 0.2) is 48.5 Å². The molecule has 2 aromatic rings. The van der Waals surface area contributed by atoms with E-state index in [9.17, 15) is 9.59 Å². The van der Waals surface area contributed by atoms with Crippen molar-refractivity contribution in [1.29, 1.82) is 0 Å². The molecule has 2 aliphatic rings. The molecule has 0 amide bonds. The van der Waals surface area contributed by atoms with Crippen molar-refractivity contribution in [1.82, 2.24) is 0 Å². The lowest BCUT2D eigenvalue weighted by atomic mass is 9.59. The summed E-state index contributed by atoms with van der Waals surface area (Å²) in [5.74, 6) is 0.991. The molecular formula is C26H28O5. The molecule has 0 radical (unpaired) electrons. The van der Waals surface area contributed by atoms with Gasteiger partial charge in [0.05, 0.1) is 37.6 Å². The van der Waals surface area contributed by atoms with Gasteiger partial charge in [-0.3, -0.25) is 9.59 Å². The van der Waals surface area contributed by atoms with Crippen LogP contribution < -0.4 is 9.47 Å². The van der Waals surface area contributed by atoms with Crippen molar-refractivity contribution in [2.24, 2.45) is 16.2 Å². The number of hydrogen-bond donors (Lipinski definition) is 0. The van der Waals surface area contributed by atoms with E-state index in [0.29, 0.717) is 17.9 Å². The molecule has 0 heterocycles. The number of carbonyl (C=O) groups excluding carboxylic acids is 2. The summed E-state index contributed by atoms with van der Waals surface area (Å²) in [6.07, 6.45) is 0.369. The van der Waals surface area contributed by atoms with Crippen LogP contribution >= 0.6 is 0 Å². The van der Waals surface area contributed by atoms with Gasteiger partial charge in [-0.1, -0.05) is 36.4 Å². The van der Waals surface area contributed by atoms with Gasteiger partial charge in [-0.2, -0.15) is 0 Å². The molecule has 5 nitrogen and oxygen atoms in total. The molecule has 1 fully saturated rings. The smallest absolute Gasteiger partial charge is 0.312 e. The highest BCUT2D eigenvalue weighted by molar-refractivity contribution is 6.25. The predicted molar refractivity (Wildman–Crippen MR) is 119 cm³/mol. The van der Waals surface area contributed by atoms with Crippen LogP contribution in [-0.2, 0) is 14.3 Å². The molecule has 2 aromatic carbocycles. The van der Waals surface area contributed by atoms with E-state index in [1.165, 1.54) is 7.11 Å². The number of Topliss-reactive ketones (excluding diaryl/α,β-unsaturated/α-hetero) is 1. The summed E-state index contributed by atoms with van der Waals surface area (Å²) in [6.45, 7) is 5.66. The third-order valence-electron chi connectivity index (χ3n) is 7.46. The number of allylic oxidation sites excluding steroid dienone is 2. The quantitative estimate of drug-likeness (QED) is 0.651. The van der Waals surface area contributed by atoms with E-state index in [4.69, 9.17) is 14.2 Å². The maximum absolute atomic E-state index is 14.1. The zero-order chi connectivity index (χ0) is 22.6. The van der Waals surface area contributed by atoms with E-state index in [1.807, 2.05) is 69.3 Å². The highest BCUT2D eigenvalue weighted by Gasteiger charge is 2.75. The third kappa shape index (κ3) is 2.49. The number of esters is 1. The molecule has 0 aliphatic heterocycles. The summed E-state index contributed by atoms with van der Waals surface area (Å²) < 4.78 is 16.6. The molecule has 0 saturated heterocycles. The minimum absolute atomic E-state index is 0.0229. The Kier molecular flexibility index (Phi) is 4.76. The largest absolute Gasteiger partial charge is 0.496 e. The molecule has 0 unspecified atom stereocenters. The number of methoxy groups -OCH3 is 3. The van der Waals surface area contributed by atoms with Crippen LogP contribution in [0.4, 0.5) is 0 Å². The fourth-order valence-corrected chi connectivity index (χ4v) is 5.92. The van der Waals surface area contributed by atoms with Crippen LogP contribution in [0.3, 0.4) is 0 Å². The predicted octanol–water partition coefficient (Wildman–Crippen LogP) is 4.79. The Morgan fingerprint density at radius 3 is 1.77 bits per heavy atom. The molecular weight excluding hydrogens is 392 g/mol. The number of rotatable bonds is 5. The number of para-hydroxylation sites is 2. The Morgan fingerprint density at radius 1 is 0.806 bits per heavy atom. The van der Waals surface area contributed by atoms with E-state index in [2.05, 4.69) is 0 Å². The third-order valence-corrected chi connectivity index (χ3v) is 7.46. The van der Waals surface area contributed by atoms with E-state index in [0.717, 1.165) is 22.3 Å². The van der Waals surface area contributed by atoms with Crippen molar-refractivity contribution >= 4 is 22.9 Å². The number of benzene rings is 2. The van der Waals surface area contributed by atoms with Crippen molar-refractivity contribution in [2.75, 3.05) is 21.3 Å². The number of carbonyl (C=O) groups is 2. The van der Waals surface area contributed by atoms with Crippen LogP contribution in [-0.4, -0.2) is 33.1 Å². The first-order chi connectivity index (χ1) is 14.7. The van der Waals surface area contributed by atoms with Crippen LogP contribution in [0.1, 0.15) is 38.3 Å². The Labute approximate surface area is 183 Å². The standard InChI is InChI=1S/C26H28O5/c1-24-15-25(2,23(28)31-6)26(3,22(24)27)21(17-12-8-10-14-19(17)30-5)20(24)16-11-7-9-13-18(16)29-4/h7-14H,15H2,1-6H3/t24-,25+,26+/m1/s1. The Bertz CT molecular complexity index is 1120. The number of ketones is 1. The van der Waals surface area contributed by atoms with Gasteiger partial charge in [0.15, 0.2) is 5.78 Å². The van der Waals surface area contributed by atoms with Gasteiger partial charge < -0.3 is 14.2 Å². The lowest BCUT2D eigenvalue weighted by Crippen LogP contribution is -2.44. The molecule has 1 saturated carbocycles. The van der Waals surface area contributed by atoms with E-state index >= 15 is 0 Å². The van der Waals surface area contributed by atoms with Crippen molar-refractivity contribution in [3.05, 3.63) is 59.7 Å². The highest BCUT2D eigenvalue weighted by atomic mass is 16.5. The highest BCUT2D eigenvalue weighted by Crippen LogP contribution is 2.74. The molecule has 162 valence electrons. The number of ether oxygens (including phenoxy) is 3. The second-order valence-corrected chi connectivity index (χ2v) is 8.94. The summed E-state index contributed by atoms with van der Waals surface area (Å²) in [6, 6.07) is 15.3. The van der Waals surface area contributed by atoms with Crippen LogP contribution in [0.5, 0.6) is 11.5 Å². The molecule has 2 bridgehead atoms. The zero-order valence-electron chi connectivity index (χ0n) is 18.9. The van der Waals surface area contributed by atoms with E-state index in [-0.39, 0.29) is 11.8 Å². The van der Waals surface area contributed by atoms with Gasteiger partial charge in [-0.15, -0.1) is 0 Å². The second kappa shape index (κ2) is 6.98. The number of fused-ring (bicyclic) bond motifs is 2. The van der Waals surface area contributed by atoms with E-state index in [1.54, 1.807) is 14.2 Å². The molecule has 0 N–H and O–H groups in total. The van der Waals surface area contributed by atoms with Gasteiger partial charge in [0.25, 0.3) is 0 Å². The zero-order valence-corrected chi connectivity index (χ0v) is 18.9. The first-order valence-electron chi connectivity index (χ1n) is 10.4. The molecule has 3 atom stereocenters. The number of hydrogen-bond acceptors (Lipinski definition) is 5. The Hall–Kier alpha value is -3.08. The summed E-state index contributed by atoms with van der Waals surface area (Å²) in [7, 11) is 4.62. The van der Waals surface area contributed by atoms with Gasteiger partial charge in [0.1, 0.15) is 11.5 Å². The molecule has 2 aliphatic carbocycles. The van der Waals surface area contributed by atoms with Crippen LogP contribution in [0.2, 0.25) is 0 Å². The molecule has 31 heavy (non-hydrogen) atoms. The summed E-state index contributed by atoms with van der Waals surface area (Å²) >= 11 is 0. The van der Waals surface area contributed by atoms with Crippen molar-refractivity contribution in [2.45, 2.75) is 27.2 Å². The SMILES string of the molecule is COC(=O)[C@]1(C)C[C@@]2(C)C(=O)[C@]1(C)C(c1ccccc1OC)=C2c1ccccc1OC. The summed E-state index contributed by atoms with van der Waals surface area (Å²) in [5, 5.41) is 0. The van der Waals surface area contributed by atoms with Crippen molar-refractivity contribution in [3.8, 4) is 11.5 Å². The first kappa shape index (κ1) is 21.2. The molecule has 5 heteroatoms. The van der Waals surface area contributed by atoms with Gasteiger partial charge in [-0.25, -0.2) is 0 Å². The lowest BCUT2D eigenvalue weighted by Gasteiger charge is -2.42. The molecule has 0 spiro atoms. The van der Waals surface area contributed by atoms with E-state index < -0.39 is 16.2 Å². The van der Waals surface area contributed by atoms with Crippen LogP contribution in [0.25, 0.3) is 11.1 Å². The Balaban J connectivity index is 2.16. The first-order valence-corrected chi connectivity index (χ1v) is 10.4. The lowest BCUT2D eigenvalue weighted by molar-refractivity contribution is -0.157. The monoisotopic (exact) mass is 420 g/mol. The Morgan fingerprint density at radius 2 is 1.29 bits per heavy atom. The average molecular weight is 421 g/mol. The van der Waals surface area contributed by atoms with Gasteiger partial charge >= 0.3 is 5.97 Å². The summed E-state index contributed by atoms with van der Waals surface area (Å²) in [5.41, 5.74) is 0.402. The maximum Gasteiger partial charge on any atom is 0.312 e. The molecule has 0 aromatic heterocycles.